The minimum Gasteiger partial charge on any atom is -0.497 e. The van der Waals surface area contributed by atoms with Gasteiger partial charge in [0, 0.05) is 30.0 Å². The van der Waals surface area contributed by atoms with Crippen molar-refractivity contribution < 1.29 is 14.3 Å². The Bertz CT molecular complexity index is 766. The van der Waals surface area contributed by atoms with E-state index in [1.54, 1.807) is 31.4 Å². The van der Waals surface area contributed by atoms with Crippen LogP contribution < -0.4 is 15.4 Å². The van der Waals surface area contributed by atoms with Crippen molar-refractivity contribution >= 4 is 23.2 Å². The number of methoxy groups -OCH3 is 1. The van der Waals surface area contributed by atoms with Gasteiger partial charge in [0.25, 0.3) is 5.91 Å². The molecule has 0 spiro atoms. The Labute approximate surface area is 159 Å². The average molecular weight is 367 g/mol. The van der Waals surface area contributed by atoms with Crippen molar-refractivity contribution in [3.63, 3.8) is 0 Å². The van der Waals surface area contributed by atoms with Crippen molar-refractivity contribution in [2.75, 3.05) is 37.4 Å². The lowest BCUT2D eigenvalue weighted by Crippen LogP contribution is -2.35. The zero-order chi connectivity index (χ0) is 19.1. The first kappa shape index (κ1) is 18.8. The highest BCUT2D eigenvalue weighted by Gasteiger charge is 2.17. The van der Waals surface area contributed by atoms with Gasteiger partial charge in [0.05, 0.1) is 13.7 Å². The number of rotatable bonds is 6. The molecule has 2 N–H and O–H groups in total. The summed E-state index contributed by atoms with van der Waals surface area (Å²) in [5.41, 5.74) is 2.17. The van der Waals surface area contributed by atoms with Crippen LogP contribution in [0, 0.1) is 0 Å². The molecule has 6 heteroatoms. The van der Waals surface area contributed by atoms with E-state index in [9.17, 15) is 9.59 Å². The molecule has 0 bridgehead atoms. The van der Waals surface area contributed by atoms with Crippen LogP contribution in [0.2, 0.25) is 0 Å². The van der Waals surface area contributed by atoms with E-state index in [0.717, 1.165) is 37.4 Å². The molecule has 0 atom stereocenters. The van der Waals surface area contributed by atoms with Gasteiger partial charge in [0.1, 0.15) is 5.75 Å². The van der Waals surface area contributed by atoms with Crippen LogP contribution in [-0.4, -0.2) is 43.5 Å². The van der Waals surface area contributed by atoms with Crippen LogP contribution in [-0.2, 0) is 4.79 Å². The number of ether oxygens (including phenoxy) is 1. The highest BCUT2D eigenvalue weighted by Crippen LogP contribution is 2.16. The van der Waals surface area contributed by atoms with Crippen molar-refractivity contribution in [3.8, 4) is 5.75 Å². The zero-order valence-corrected chi connectivity index (χ0v) is 15.5. The third kappa shape index (κ3) is 5.23. The molecule has 2 aromatic carbocycles. The van der Waals surface area contributed by atoms with Crippen molar-refractivity contribution in [1.82, 2.24) is 4.90 Å². The van der Waals surface area contributed by atoms with Gasteiger partial charge in [0.2, 0.25) is 5.91 Å². The molecule has 2 amide bonds. The van der Waals surface area contributed by atoms with E-state index in [4.69, 9.17) is 4.74 Å². The molecule has 1 aliphatic heterocycles. The average Bonchev–Trinajstić information content (AvgIpc) is 2.73. The third-order valence-electron chi connectivity index (χ3n) is 4.60. The number of carbonyl (C=O) groups excluding carboxylic acids is 2. The van der Waals surface area contributed by atoms with Crippen LogP contribution in [0.15, 0.2) is 48.5 Å². The number of hydrogen-bond acceptors (Lipinski definition) is 4. The molecule has 27 heavy (non-hydrogen) atoms. The number of carbonyl (C=O) groups is 2. The van der Waals surface area contributed by atoms with Crippen molar-refractivity contribution in [1.29, 1.82) is 0 Å². The molecule has 142 valence electrons. The molecule has 0 aliphatic carbocycles. The monoisotopic (exact) mass is 367 g/mol. The highest BCUT2D eigenvalue weighted by molar-refractivity contribution is 5.96. The first-order chi connectivity index (χ1) is 13.2. The molecule has 0 unspecified atom stereocenters. The summed E-state index contributed by atoms with van der Waals surface area (Å²) < 4.78 is 5.10. The molecule has 0 saturated carbocycles. The van der Waals surface area contributed by atoms with Gasteiger partial charge in [-0.3, -0.25) is 9.59 Å². The minimum absolute atomic E-state index is 0.0637. The summed E-state index contributed by atoms with van der Waals surface area (Å²) in [5.74, 6) is 0.680. The van der Waals surface area contributed by atoms with E-state index in [0.29, 0.717) is 11.3 Å². The number of benzene rings is 2. The summed E-state index contributed by atoms with van der Waals surface area (Å²) in [6.45, 7) is 1.81. The molecule has 1 saturated heterocycles. The van der Waals surface area contributed by atoms with E-state index in [-0.39, 0.29) is 18.4 Å². The normalized spacial score (nSPS) is 13.7. The van der Waals surface area contributed by atoms with Crippen LogP contribution in [0.3, 0.4) is 0 Å². The van der Waals surface area contributed by atoms with E-state index in [1.807, 2.05) is 29.2 Å². The van der Waals surface area contributed by atoms with Gasteiger partial charge in [-0.05, 0) is 67.8 Å². The fourth-order valence-electron chi connectivity index (χ4n) is 3.07. The Morgan fingerprint density at radius 1 is 0.926 bits per heavy atom. The number of likely N-dealkylation sites (tertiary alicyclic amines) is 1. The highest BCUT2D eigenvalue weighted by atomic mass is 16.5. The molecular formula is C21H25N3O3. The number of nitrogens with zero attached hydrogens (tertiary/aromatic N) is 1. The summed E-state index contributed by atoms with van der Waals surface area (Å²) in [6.07, 6.45) is 3.33. The maximum atomic E-state index is 12.5. The lowest BCUT2D eigenvalue weighted by molar-refractivity contribution is -0.114. The molecule has 1 aliphatic rings. The summed E-state index contributed by atoms with van der Waals surface area (Å²) in [4.78, 5) is 26.5. The van der Waals surface area contributed by atoms with Gasteiger partial charge in [-0.1, -0.05) is 0 Å². The fourth-order valence-corrected chi connectivity index (χ4v) is 3.07. The Morgan fingerprint density at radius 3 is 2.19 bits per heavy atom. The SMILES string of the molecule is COc1ccc(NCC(=O)Nc2ccc(C(=O)N3CCCCC3)cc2)cc1. The number of amides is 2. The molecule has 6 nitrogen and oxygen atoms in total. The number of piperidine rings is 1. The summed E-state index contributed by atoms with van der Waals surface area (Å²) in [6, 6.07) is 14.4. The third-order valence-corrected chi connectivity index (χ3v) is 4.60. The van der Waals surface area contributed by atoms with Gasteiger partial charge < -0.3 is 20.3 Å². The fraction of sp³-hybridized carbons (Fsp3) is 0.333. The summed E-state index contributed by atoms with van der Waals surface area (Å²) >= 11 is 0. The Balaban J connectivity index is 1.49. The van der Waals surface area contributed by atoms with Gasteiger partial charge in [0.15, 0.2) is 0 Å². The molecule has 0 radical (unpaired) electrons. The Morgan fingerprint density at radius 2 is 1.56 bits per heavy atom. The van der Waals surface area contributed by atoms with E-state index in [1.165, 1.54) is 6.42 Å². The van der Waals surface area contributed by atoms with E-state index >= 15 is 0 Å². The molecule has 2 aromatic rings. The second kappa shape index (κ2) is 9.07. The lowest BCUT2D eigenvalue weighted by Gasteiger charge is -2.26. The van der Waals surface area contributed by atoms with Crippen LogP contribution in [0.1, 0.15) is 29.6 Å². The van der Waals surface area contributed by atoms with Gasteiger partial charge in [-0.2, -0.15) is 0 Å². The lowest BCUT2D eigenvalue weighted by atomic mass is 10.1. The van der Waals surface area contributed by atoms with E-state index in [2.05, 4.69) is 10.6 Å². The topological polar surface area (TPSA) is 70.7 Å². The summed E-state index contributed by atoms with van der Waals surface area (Å²) in [5, 5.41) is 5.89. The second-order valence-electron chi connectivity index (χ2n) is 6.56. The largest absolute Gasteiger partial charge is 0.497 e. The molecule has 1 heterocycles. The van der Waals surface area contributed by atoms with Crippen molar-refractivity contribution in [3.05, 3.63) is 54.1 Å². The minimum atomic E-state index is -0.152. The van der Waals surface area contributed by atoms with Crippen molar-refractivity contribution in [2.24, 2.45) is 0 Å². The molecule has 3 rings (SSSR count). The molecule has 1 fully saturated rings. The van der Waals surface area contributed by atoms with Crippen LogP contribution in [0.5, 0.6) is 5.75 Å². The number of hydrogen-bond donors (Lipinski definition) is 2. The van der Waals surface area contributed by atoms with Crippen molar-refractivity contribution in [2.45, 2.75) is 19.3 Å². The number of nitrogens with one attached hydrogen (secondary N) is 2. The molecular weight excluding hydrogens is 342 g/mol. The maximum absolute atomic E-state index is 12.5. The summed E-state index contributed by atoms with van der Waals surface area (Å²) in [7, 11) is 1.61. The van der Waals surface area contributed by atoms with Crippen LogP contribution in [0.25, 0.3) is 0 Å². The quantitative estimate of drug-likeness (QED) is 0.821. The van der Waals surface area contributed by atoms with Gasteiger partial charge in [-0.15, -0.1) is 0 Å². The van der Waals surface area contributed by atoms with Crippen LogP contribution >= 0.6 is 0 Å². The number of anilines is 2. The standard InChI is InChI=1S/C21H25N3O3/c1-27-19-11-9-17(10-12-19)22-15-20(25)23-18-7-5-16(6-8-18)21(26)24-13-3-2-4-14-24/h5-12,22H,2-4,13-15H2,1H3,(H,23,25). The van der Waals surface area contributed by atoms with Gasteiger partial charge in [-0.25, -0.2) is 0 Å². The Hall–Kier alpha value is -3.02. The van der Waals surface area contributed by atoms with E-state index < -0.39 is 0 Å². The second-order valence-corrected chi connectivity index (χ2v) is 6.56. The van der Waals surface area contributed by atoms with Crippen LogP contribution in [0.4, 0.5) is 11.4 Å². The smallest absolute Gasteiger partial charge is 0.253 e. The predicted octanol–water partition coefficient (Wildman–Crippen LogP) is 3.37. The predicted molar refractivity (Wildman–Crippen MR) is 106 cm³/mol. The Kier molecular flexibility index (Phi) is 6.30. The first-order valence-electron chi connectivity index (χ1n) is 9.23. The first-order valence-corrected chi connectivity index (χ1v) is 9.23. The maximum Gasteiger partial charge on any atom is 0.253 e. The molecule has 0 aromatic heterocycles. The zero-order valence-electron chi connectivity index (χ0n) is 15.5. The van der Waals surface area contributed by atoms with Gasteiger partial charge >= 0.3 is 0 Å².